The minimum absolute atomic E-state index is 0.852. The van der Waals surface area contributed by atoms with Crippen molar-refractivity contribution >= 4 is 0 Å². The lowest BCUT2D eigenvalue weighted by atomic mass is 10.2. The Balaban J connectivity index is 1.82. The Bertz CT molecular complexity index is 510. The molecular weight excluding hydrogens is 260 g/mol. The maximum Gasteiger partial charge on any atom is 0.0544 e. The smallest absolute Gasteiger partial charge is 0.0544 e. The van der Waals surface area contributed by atoms with E-state index in [1.807, 2.05) is 30.7 Å². The minimum Gasteiger partial charge on any atom is -0.313 e. The van der Waals surface area contributed by atoms with Gasteiger partial charge in [0.05, 0.1) is 5.69 Å². The number of pyridine rings is 2. The van der Waals surface area contributed by atoms with E-state index in [9.17, 15) is 0 Å². The van der Waals surface area contributed by atoms with Gasteiger partial charge in [-0.1, -0.05) is 13.0 Å². The summed E-state index contributed by atoms with van der Waals surface area (Å²) < 4.78 is 0. The number of aromatic nitrogens is 2. The first-order chi connectivity index (χ1) is 10.3. The van der Waals surface area contributed by atoms with E-state index in [2.05, 4.69) is 46.3 Å². The molecule has 2 aromatic rings. The zero-order chi connectivity index (χ0) is 14.9. The monoisotopic (exact) mass is 284 g/mol. The molecule has 2 heterocycles. The molecule has 0 fully saturated rings. The Hall–Kier alpha value is -1.78. The average molecular weight is 284 g/mol. The first kappa shape index (κ1) is 15.6. The maximum atomic E-state index is 4.55. The first-order valence-electron chi connectivity index (χ1n) is 7.50. The zero-order valence-corrected chi connectivity index (χ0v) is 12.9. The van der Waals surface area contributed by atoms with E-state index in [1.165, 1.54) is 11.1 Å². The highest BCUT2D eigenvalue weighted by atomic mass is 15.1. The van der Waals surface area contributed by atoms with Gasteiger partial charge in [0.2, 0.25) is 0 Å². The van der Waals surface area contributed by atoms with Gasteiger partial charge < -0.3 is 5.32 Å². The molecule has 4 nitrogen and oxygen atoms in total. The highest BCUT2D eigenvalue weighted by Gasteiger charge is 2.03. The van der Waals surface area contributed by atoms with Crippen LogP contribution in [-0.2, 0) is 19.6 Å². The second-order valence-corrected chi connectivity index (χ2v) is 5.36. The molecule has 2 rings (SSSR count). The largest absolute Gasteiger partial charge is 0.313 e. The Morgan fingerprint density at radius 3 is 2.52 bits per heavy atom. The van der Waals surface area contributed by atoms with Crippen LogP contribution in [0, 0.1) is 0 Å². The summed E-state index contributed by atoms with van der Waals surface area (Å²) in [6, 6.07) is 8.37. The van der Waals surface area contributed by atoms with Gasteiger partial charge in [0.25, 0.3) is 0 Å². The van der Waals surface area contributed by atoms with E-state index in [0.717, 1.165) is 38.3 Å². The molecule has 0 aliphatic carbocycles. The molecule has 0 amide bonds. The van der Waals surface area contributed by atoms with Gasteiger partial charge in [-0.25, -0.2) is 0 Å². The van der Waals surface area contributed by atoms with Gasteiger partial charge in [0.1, 0.15) is 0 Å². The molecule has 112 valence electrons. The summed E-state index contributed by atoms with van der Waals surface area (Å²) in [7, 11) is 2.11. The van der Waals surface area contributed by atoms with Crippen LogP contribution in [0.4, 0.5) is 0 Å². The summed E-state index contributed by atoms with van der Waals surface area (Å²) in [6.07, 6.45) is 6.79. The molecule has 0 aromatic carbocycles. The summed E-state index contributed by atoms with van der Waals surface area (Å²) in [5, 5.41) is 3.39. The van der Waals surface area contributed by atoms with E-state index in [1.54, 1.807) is 0 Å². The van der Waals surface area contributed by atoms with Crippen LogP contribution in [0.25, 0.3) is 0 Å². The average Bonchev–Trinajstić information content (AvgIpc) is 2.50. The summed E-state index contributed by atoms with van der Waals surface area (Å²) >= 11 is 0. The minimum atomic E-state index is 0.852. The number of nitrogens with zero attached hydrogens (tertiary/aromatic N) is 3. The molecule has 0 bridgehead atoms. The summed E-state index contributed by atoms with van der Waals surface area (Å²) in [6.45, 7) is 5.88. The molecule has 0 saturated carbocycles. The van der Waals surface area contributed by atoms with Gasteiger partial charge in [-0.3, -0.25) is 14.9 Å². The lowest BCUT2D eigenvalue weighted by Crippen LogP contribution is -2.18. The third-order valence-electron chi connectivity index (χ3n) is 3.28. The fraction of sp³-hybridized carbons (Fsp3) is 0.412. The topological polar surface area (TPSA) is 41.0 Å². The molecule has 0 saturated heterocycles. The van der Waals surface area contributed by atoms with E-state index >= 15 is 0 Å². The number of nitrogens with one attached hydrogen (secondary N) is 1. The summed E-state index contributed by atoms with van der Waals surface area (Å²) in [4.78, 5) is 10.8. The standard InChI is InChI=1S/C17H24N4/c1-3-8-19-11-16-4-5-17(20-12-16)14-21(2)13-15-6-9-18-10-7-15/h4-7,9-10,12,19H,3,8,11,13-14H2,1-2H3. The molecular formula is C17H24N4. The Morgan fingerprint density at radius 2 is 1.86 bits per heavy atom. The van der Waals surface area contributed by atoms with Crippen LogP contribution < -0.4 is 5.32 Å². The van der Waals surface area contributed by atoms with Crippen LogP contribution in [0.5, 0.6) is 0 Å². The predicted molar refractivity (Wildman–Crippen MR) is 85.6 cm³/mol. The van der Waals surface area contributed by atoms with Gasteiger partial charge in [0, 0.05) is 38.2 Å². The second-order valence-electron chi connectivity index (χ2n) is 5.36. The molecule has 0 radical (unpaired) electrons. The van der Waals surface area contributed by atoms with Crippen molar-refractivity contribution in [2.24, 2.45) is 0 Å². The van der Waals surface area contributed by atoms with Gasteiger partial charge in [-0.2, -0.15) is 0 Å². The van der Waals surface area contributed by atoms with E-state index in [0.29, 0.717) is 0 Å². The molecule has 1 N–H and O–H groups in total. The van der Waals surface area contributed by atoms with Crippen molar-refractivity contribution in [3.8, 4) is 0 Å². The van der Waals surface area contributed by atoms with Crippen LogP contribution in [0.2, 0.25) is 0 Å². The van der Waals surface area contributed by atoms with E-state index < -0.39 is 0 Å². The van der Waals surface area contributed by atoms with Crippen molar-refractivity contribution in [2.45, 2.75) is 33.0 Å². The maximum absolute atomic E-state index is 4.55. The molecule has 0 spiro atoms. The lowest BCUT2D eigenvalue weighted by molar-refractivity contribution is 0.315. The molecule has 4 heteroatoms. The van der Waals surface area contributed by atoms with Crippen LogP contribution >= 0.6 is 0 Å². The van der Waals surface area contributed by atoms with Gasteiger partial charge in [-0.05, 0) is 49.3 Å². The molecule has 0 unspecified atom stereocenters. The zero-order valence-electron chi connectivity index (χ0n) is 12.9. The van der Waals surface area contributed by atoms with E-state index in [4.69, 9.17) is 0 Å². The summed E-state index contributed by atoms with van der Waals surface area (Å²) in [5.41, 5.74) is 3.61. The van der Waals surface area contributed by atoms with Gasteiger partial charge in [0.15, 0.2) is 0 Å². The Labute approximate surface area is 127 Å². The van der Waals surface area contributed by atoms with Crippen molar-refractivity contribution in [3.05, 3.63) is 59.7 Å². The number of hydrogen-bond acceptors (Lipinski definition) is 4. The van der Waals surface area contributed by atoms with Gasteiger partial charge >= 0.3 is 0 Å². The third-order valence-corrected chi connectivity index (χ3v) is 3.28. The molecule has 0 aliphatic rings. The molecule has 21 heavy (non-hydrogen) atoms. The van der Waals surface area contributed by atoms with Crippen LogP contribution in [0.15, 0.2) is 42.9 Å². The second kappa shape index (κ2) is 8.49. The van der Waals surface area contributed by atoms with Crippen molar-refractivity contribution in [3.63, 3.8) is 0 Å². The fourth-order valence-corrected chi connectivity index (χ4v) is 2.20. The Morgan fingerprint density at radius 1 is 1.05 bits per heavy atom. The predicted octanol–water partition coefficient (Wildman–Crippen LogP) is 2.61. The van der Waals surface area contributed by atoms with Crippen LogP contribution in [0.3, 0.4) is 0 Å². The molecule has 0 atom stereocenters. The first-order valence-corrected chi connectivity index (χ1v) is 7.50. The number of rotatable bonds is 8. The highest BCUT2D eigenvalue weighted by molar-refractivity contribution is 5.14. The highest BCUT2D eigenvalue weighted by Crippen LogP contribution is 2.07. The van der Waals surface area contributed by atoms with Crippen molar-refractivity contribution in [2.75, 3.05) is 13.6 Å². The Kier molecular flexibility index (Phi) is 6.31. The lowest BCUT2D eigenvalue weighted by Gasteiger charge is -2.16. The van der Waals surface area contributed by atoms with Crippen LogP contribution in [-0.4, -0.2) is 28.5 Å². The quantitative estimate of drug-likeness (QED) is 0.757. The van der Waals surface area contributed by atoms with Crippen LogP contribution in [0.1, 0.15) is 30.2 Å². The summed E-state index contributed by atoms with van der Waals surface area (Å²) in [5.74, 6) is 0. The number of hydrogen-bond donors (Lipinski definition) is 1. The molecule has 0 aliphatic heterocycles. The fourth-order valence-electron chi connectivity index (χ4n) is 2.20. The molecule has 2 aromatic heterocycles. The van der Waals surface area contributed by atoms with E-state index in [-0.39, 0.29) is 0 Å². The normalized spacial score (nSPS) is 11.0. The van der Waals surface area contributed by atoms with Gasteiger partial charge in [-0.15, -0.1) is 0 Å². The SMILES string of the molecule is CCCNCc1ccc(CN(C)Cc2ccncc2)nc1. The van der Waals surface area contributed by atoms with Crippen molar-refractivity contribution < 1.29 is 0 Å². The van der Waals surface area contributed by atoms with Crippen molar-refractivity contribution in [1.29, 1.82) is 0 Å². The third kappa shape index (κ3) is 5.61. The van der Waals surface area contributed by atoms with Crippen molar-refractivity contribution in [1.82, 2.24) is 20.2 Å².